The van der Waals surface area contributed by atoms with Crippen LogP contribution < -0.4 is 4.74 Å². The third-order valence-corrected chi connectivity index (χ3v) is 2.39. The molecule has 0 spiro atoms. The van der Waals surface area contributed by atoms with Crippen LogP contribution in [0.15, 0.2) is 42.6 Å². The second kappa shape index (κ2) is 5.65. The van der Waals surface area contributed by atoms with Gasteiger partial charge in [0.25, 0.3) is 0 Å². The van der Waals surface area contributed by atoms with Gasteiger partial charge in [0.05, 0.1) is 12.6 Å². The largest absolute Gasteiger partial charge is 0.481 e. The number of hydrogen-bond donors (Lipinski definition) is 1. The van der Waals surface area contributed by atoms with Crippen LogP contribution in [0.3, 0.4) is 0 Å². The van der Waals surface area contributed by atoms with Crippen LogP contribution in [0.1, 0.15) is 11.3 Å². The molecule has 5 heteroatoms. The van der Waals surface area contributed by atoms with E-state index in [1.807, 2.05) is 6.07 Å². The molecule has 1 heterocycles. The van der Waals surface area contributed by atoms with Gasteiger partial charge in [-0.15, -0.1) is 0 Å². The van der Waals surface area contributed by atoms with Gasteiger partial charge >= 0.3 is 5.97 Å². The second-order valence-electron chi connectivity index (χ2n) is 3.77. The maximum Gasteiger partial charge on any atom is 0.307 e. The van der Waals surface area contributed by atoms with Gasteiger partial charge in [0.1, 0.15) is 23.3 Å². The highest BCUT2D eigenvalue weighted by molar-refractivity contribution is 5.71. The Kier molecular flexibility index (Phi) is 3.74. The maximum atomic E-state index is 10.8. The minimum atomic E-state index is -0.922. The topological polar surface area (TPSA) is 83.2 Å². The van der Waals surface area contributed by atoms with E-state index in [1.165, 1.54) is 12.3 Å². The molecule has 0 aliphatic heterocycles. The number of aromatic nitrogens is 1. The van der Waals surface area contributed by atoms with Gasteiger partial charge in [-0.25, -0.2) is 4.98 Å². The number of benzene rings is 1. The average Bonchev–Trinajstić information content (AvgIpc) is 2.41. The number of pyridine rings is 1. The molecule has 0 unspecified atom stereocenters. The molecule has 0 aliphatic rings. The van der Waals surface area contributed by atoms with Gasteiger partial charge in [-0.1, -0.05) is 18.2 Å². The van der Waals surface area contributed by atoms with Crippen molar-refractivity contribution >= 4 is 5.97 Å². The van der Waals surface area contributed by atoms with E-state index in [4.69, 9.17) is 15.1 Å². The molecule has 1 aromatic carbocycles. The van der Waals surface area contributed by atoms with Crippen LogP contribution in [-0.2, 0) is 11.2 Å². The van der Waals surface area contributed by atoms with Gasteiger partial charge in [-0.05, 0) is 18.2 Å². The summed E-state index contributed by atoms with van der Waals surface area (Å²) >= 11 is 0. The Bertz CT molecular complexity index is 630. The van der Waals surface area contributed by atoms with E-state index in [0.29, 0.717) is 22.8 Å². The summed E-state index contributed by atoms with van der Waals surface area (Å²) in [5.74, 6) is 0.00208. The predicted octanol–water partition coefficient (Wildman–Crippen LogP) is 2.37. The number of aliphatic carboxylic acids is 1. The zero-order valence-corrected chi connectivity index (χ0v) is 9.91. The lowest BCUT2D eigenvalue weighted by atomic mass is 10.1. The van der Waals surface area contributed by atoms with Gasteiger partial charge in [-0.3, -0.25) is 4.79 Å². The van der Waals surface area contributed by atoms with Crippen LogP contribution in [0.2, 0.25) is 0 Å². The van der Waals surface area contributed by atoms with Crippen molar-refractivity contribution in [2.24, 2.45) is 0 Å². The lowest BCUT2D eigenvalue weighted by molar-refractivity contribution is -0.136. The highest BCUT2D eigenvalue weighted by Crippen LogP contribution is 2.25. The Labute approximate surface area is 109 Å². The molecule has 0 fully saturated rings. The van der Waals surface area contributed by atoms with Crippen molar-refractivity contribution in [3.05, 3.63) is 53.9 Å². The predicted molar refractivity (Wildman–Crippen MR) is 66.8 cm³/mol. The SMILES string of the molecule is N#Cc1ccc(Oc2ccccc2CC(=O)O)cn1. The summed E-state index contributed by atoms with van der Waals surface area (Å²) in [5, 5.41) is 17.5. The van der Waals surface area contributed by atoms with Crippen LogP contribution in [-0.4, -0.2) is 16.1 Å². The normalized spacial score (nSPS) is 9.63. The van der Waals surface area contributed by atoms with Crippen molar-refractivity contribution in [3.63, 3.8) is 0 Å². The van der Waals surface area contributed by atoms with Crippen LogP contribution >= 0.6 is 0 Å². The fraction of sp³-hybridized carbons (Fsp3) is 0.0714. The fourth-order valence-electron chi connectivity index (χ4n) is 1.55. The van der Waals surface area contributed by atoms with E-state index in [1.54, 1.807) is 30.3 Å². The minimum Gasteiger partial charge on any atom is -0.481 e. The van der Waals surface area contributed by atoms with Gasteiger partial charge in [0.15, 0.2) is 0 Å². The number of hydrogen-bond acceptors (Lipinski definition) is 4. The monoisotopic (exact) mass is 254 g/mol. The minimum absolute atomic E-state index is 0.111. The number of nitrogens with zero attached hydrogens (tertiary/aromatic N) is 2. The summed E-state index contributed by atoms with van der Waals surface area (Å²) in [5.41, 5.74) is 0.880. The van der Waals surface area contributed by atoms with Crippen molar-refractivity contribution in [2.45, 2.75) is 6.42 Å². The summed E-state index contributed by atoms with van der Waals surface area (Å²) in [6.07, 6.45) is 1.32. The first-order valence-corrected chi connectivity index (χ1v) is 5.53. The molecule has 5 nitrogen and oxygen atoms in total. The molecule has 0 amide bonds. The number of rotatable bonds is 4. The van der Waals surface area contributed by atoms with Crippen LogP contribution in [0.5, 0.6) is 11.5 Å². The Morgan fingerprint density at radius 3 is 2.74 bits per heavy atom. The number of carboxylic acids is 1. The molecular weight excluding hydrogens is 244 g/mol. The Morgan fingerprint density at radius 1 is 1.32 bits per heavy atom. The van der Waals surface area contributed by atoms with Crippen molar-refractivity contribution in [3.8, 4) is 17.6 Å². The molecule has 0 atom stereocenters. The van der Waals surface area contributed by atoms with Gasteiger partial charge in [0, 0.05) is 5.56 Å². The number of nitriles is 1. The Balaban J connectivity index is 2.22. The van der Waals surface area contributed by atoms with E-state index in [2.05, 4.69) is 4.98 Å². The number of ether oxygens (including phenoxy) is 1. The lowest BCUT2D eigenvalue weighted by Gasteiger charge is -2.09. The van der Waals surface area contributed by atoms with Crippen LogP contribution in [0.4, 0.5) is 0 Å². The van der Waals surface area contributed by atoms with Crippen molar-refractivity contribution < 1.29 is 14.6 Å². The Hall–Kier alpha value is -2.87. The standard InChI is InChI=1S/C14H10N2O3/c15-8-11-5-6-12(9-16-11)19-13-4-2-1-3-10(13)7-14(17)18/h1-6,9H,7H2,(H,17,18). The number of carbonyl (C=O) groups is 1. The molecule has 0 saturated heterocycles. The third kappa shape index (κ3) is 3.30. The van der Waals surface area contributed by atoms with Gasteiger partial charge < -0.3 is 9.84 Å². The second-order valence-corrected chi connectivity index (χ2v) is 3.77. The highest BCUT2D eigenvalue weighted by atomic mass is 16.5. The first kappa shape index (κ1) is 12.6. The van der Waals surface area contributed by atoms with Crippen molar-refractivity contribution in [1.29, 1.82) is 5.26 Å². The summed E-state index contributed by atoms with van der Waals surface area (Å²) in [6.45, 7) is 0. The molecule has 2 aromatic rings. The van der Waals surface area contributed by atoms with E-state index >= 15 is 0 Å². The fourth-order valence-corrected chi connectivity index (χ4v) is 1.55. The Morgan fingerprint density at radius 2 is 2.11 bits per heavy atom. The summed E-state index contributed by atoms with van der Waals surface area (Å²) < 4.78 is 5.57. The third-order valence-electron chi connectivity index (χ3n) is 2.39. The van der Waals surface area contributed by atoms with Gasteiger partial charge in [0.2, 0.25) is 0 Å². The first-order chi connectivity index (χ1) is 9.19. The maximum absolute atomic E-state index is 10.8. The highest BCUT2D eigenvalue weighted by Gasteiger charge is 2.08. The molecule has 0 saturated carbocycles. The summed E-state index contributed by atoms with van der Waals surface area (Å²) in [7, 11) is 0. The molecule has 1 aromatic heterocycles. The molecule has 0 radical (unpaired) electrons. The zero-order valence-electron chi connectivity index (χ0n) is 9.91. The zero-order chi connectivity index (χ0) is 13.7. The molecule has 0 bridgehead atoms. The van der Waals surface area contributed by atoms with Crippen molar-refractivity contribution in [2.75, 3.05) is 0 Å². The molecule has 2 rings (SSSR count). The van der Waals surface area contributed by atoms with Gasteiger partial charge in [-0.2, -0.15) is 5.26 Å². The lowest BCUT2D eigenvalue weighted by Crippen LogP contribution is -2.01. The number of para-hydroxylation sites is 1. The molecule has 94 valence electrons. The van der Waals surface area contributed by atoms with Crippen LogP contribution in [0, 0.1) is 11.3 Å². The van der Waals surface area contributed by atoms with E-state index in [-0.39, 0.29) is 6.42 Å². The molecule has 1 N–H and O–H groups in total. The molecular formula is C14H10N2O3. The van der Waals surface area contributed by atoms with Crippen LogP contribution in [0.25, 0.3) is 0 Å². The van der Waals surface area contributed by atoms with E-state index in [9.17, 15) is 4.79 Å². The smallest absolute Gasteiger partial charge is 0.307 e. The summed E-state index contributed by atoms with van der Waals surface area (Å²) in [6, 6.07) is 12.0. The molecule has 0 aliphatic carbocycles. The summed E-state index contributed by atoms with van der Waals surface area (Å²) in [4.78, 5) is 14.6. The van der Waals surface area contributed by atoms with E-state index in [0.717, 1.165) is 0 Å². The first-order valence-electron chi connectivity index (χ1n) is 5.53. The van der Waals surface area contributed by atoms with E-state index < -0.39 is 5.97 Å². The quantitative estimate of drug-likeness (QED) is 0.905. The van der Waals surface area contributed by atoms with Crippen molar-refractivity contribution in [1.82, 2.24) is 4.98 Å². The number of carboxylic acid groups (broad SMARTS) is 1. The molecule has 19 heavy (non-hydrogen) atoms. The average molecular weight is 254 g/mol.